The number of aromatic nitrogens is 2. The van der Waals surface area contributed by atoms with E-state index in [0.717, 1.165) is 39.7 Å². The van der Waals surface area contributed by atoms with Crippen LogP contribution in [0, 0.1) is 20.8 Å². The summed E-state index contributed by atoms with van der Waals surface area (Å²) in [4.78, 5) is 16.5. The van der Waals surface area contributed by atoms with Crippen molar-refractivity contribution in [1.82, 2.24) is 9.55 Å². The molecule has 0 fully saturated rings. The molecule has 4 aromatic rings. The molecular weight excluding hydrogens is 416 g/mol. The fourth-order valence-electron chi connectivity index (χ4n) is 4.04. The van der Waals surface area contributed by atoms with E-state index < -0.39 is 12.0 Å². The summed E-state index contributed by atoms with van der Waals surface area (Å²) in [6.45, 7) is 6.25. The standard InChI is InChI=1S/C27H28N2O4/c1-18-9-10-19(2)29(18)25(27(30)31)17-21-11-13-23(14-12-21)32-16-15-24-20(3)33-26(28-24)22-7-5-4-6-8-22/h4-14,25H,15-17H2,1-3H3,(H,30,31). The summed E-state index contributed by atoms with van der Waals surface area (Å²) in [5.74, 6) is 1.32. The predicted octanol–water partition coefficient (Wildman–Crippen LogP) is 5.56. The number of aliphatic carboxylic acids is 1. The van der Waals surface area contributed by atoms with Gasteiger partial charge in [-0.15, -0.1) is 0 Å². The molecule has 4 rings (SSSR count). The Bertz CT molecular complexity index is 1200. The first kappa shape index (κ1) is 22.4. The molecule has 0 aliphatic carbocycles. The second-order valence-corrected chi connectivity index (χ2v) is 8.17. The van der Waals surface area contributed by atoms with Crippen LogP contribution in [0.15, 0.2) is 71.1 Å². The van der Waals surface area contributed by atoms with Crippen LogP contribution in [0.4, 0.5) is 0 Å². The molecule has 0 aliphatic rings. The van der Waals surface area contributed by atoms with E-state index in [2.05, 4.69) is 4.98 Å². The number of rotatable bonds is 9. The number of carboxylic acid groups (broad SMARTS) is 1. The first-order valence-corrected chi connectivity index (χ1v) is 11.0. The summed E-state index contributed by atoms with van der Waals surface area (Å²) >= 11 is 0. The SMILES string of the molecule is Cc1oc(-c2ccccc2)nc1CCOc1ccc(CC(C(=O)O)n2c(C)ccc2C)cc1. The fourth-order valence-corrected chi connectivity index (χ4v) is 4.04. The highest BCUT2D eigenvalue weighted by Gasteiger charge is 2.22. The van der Waals surface area contributed by atoms with Gasteiger partial charge in [0.25, 0.3) is 0 Å². The molecule has 0 aliphatic heterocycles. The molecule has 2 aromatic heterocycles. The van der Waals surface area contributed by atoms with E-state index in [9.17, 15) is 9.90 Å². The average Bonchev–Trinajstić information content (AvgIpc) is 3.35. The molecule has 0 bridgehead atoms. The first-order chi connectivity index (χ1) is 15.9. The Hall–Kier alpha value is -3.80. The van der Waals surface area contributed by atoms with Crippen molar-refractivity contribution >= 4 is 5.97 Å². The van der Waals surface area contributed by atoms with E-state index in [0.29, 0.717) is 25.3 Å². The molecule has 0 saturated carbocycles. The van der Waals surface area contributed by atoms with Gasteiger partial charge < -0.3 is 18.8 Å². The van der Waals surface area contributed by atoms with Gasteiger partial charge in [-0.05, 0) is 62.7 Å². The van der Waals surface area contributed by atoms with Crippen molar-refractivity contribution in [3.63, 3.8) is 0 Å². The lowest BCUT2D eigenvalue weighted by atomic mass is 10.1. The van der Waals surface area contributed by atoms with Crippen molar-refractivity contribution in [1.29, 1.82) is 0 Å². The molecule has 6 heteroatoms. The van der Waals surface area contributed by atoms with E-state index >= 15 is 0 Å². The third-order valence-corrected chi connectivity index (χ3v) is 5.80. The van der Waals surface area contributed by atoms with Crippen LogP contribution in [0.5, 0.6) is 5.75 Å². The smallest absolute Gasteiger partial charge is 0.327 e. The van der Waals surface area contributed by atoms with Gasteiger partial charge in [-0.2, -0.15) is 0 Å². The topological polar surface area (TPSA) is 77.5 Å². The first-order valence-electron chi connectivity index (χ1n) is 11.0. The van der Waals surface area contributed by atoms with Crippen LogP contribution in [-0.2, 0) is 17.6 Å². The second-order valence-electron chi connectivity index (χ2n) is 8.17. The summed E-state index contributed by atoms with van der Waals surface area (Å²) in [5.41, 5.74) is 4.67. The van der Waals surface area contributed by atoms with Crippen LogP contribution in [0.25, 0.3) is 11.5 Å². The minimum Gasteiger partial charge on any atom is -0.493 e. The number of carbonyl (C=O) groups is 1. The minimum absolute atomic E-state index is 0.409. The Morgan fingerprint density at radius 1 is 1.00 bits per heavy atom. The maximum absolute atomic E-state index is 11.9. The molecule has 2 heterocycles. The van der Waals surface area contributed by atoms with Crippen LogP contribution in [0.3, 0.4) is 0 Å². The lowest BCUT2D eigenvalue weighted by Gasteiger charge is -2.19. The van der Waals surface area contributed by atoms with Gasteiger partial charge in [-0.3, -0.25) is 0 Å². The molecular formula is C27H28N2O4. The Kier molecular flexibility index (Phi) is 6.63. The third kappa shape index (κ3) is 5.17. The van der Waals surface area contributed by atoms with Crippen molar-refractivity contribution < 1.29 is 19.1 Å². The molecule has 0 radical (unpaired) electrons. The zero-order valence-electron chi connectivity index (χ0n) is 19.1. The van der Waals surface area contributed by atoms with Crippen LogP contribution in [0.2, 0.25) is 0 Å². The number of aryl methyl sites for hydroxylation is 3. The van der Waals surface area contributed by atoms with Crippen LogP contribution in [0.1, 0.15) is 34.4 Å². The van der Waals surface area contributed by atoms with Crippen LogP contribution in [-0.4, -0.2) is 27.2 Å². The second kappa shape index (κ2) is 9.77. The van der Waals surface area contributed by atoms with E-state index in [-0.39, 0.29) is 0 Å². The van der Waals surface area contributed by atoms with E-state index in [4.69, 9.17) is 9.15 Å². The van der Waals surface area contributed by atoms with Crippen molar-refractivity contribution in [2.45, 2.75) is 39.7 Å². The number of hydrogen-bond donors (Lipinski definition) is 1. The molecule has 2 aromatic carbocycles. The van der Waals surface area contributed by atoms with E-state index in [1.54, 1.807) is 0 Å². The van der Waals surface area contributed by atoms with Crippen molar-refractivity contribution in [3.05, 3.63) is 95.1 Å². The van der Waals surface area contributed by atoms with Gasteiger partial charge in [0.2, 0.25) is 5.89 Å². The van der Waals surface area contributed by atoms with E-state index in [1.807, 2.05) is 92.1 Å². The zero-order valence-corrected chi connectivity index (χ0v) is 19.1. The molecule has 0 amide bonds. The normalized spacial score (nSPS) is 12.0. The maximum atomic E-state index is 11.9. The minimum atomic E-state index is -0.837. The number of nitrogens with zero attached hydrogens (tertiary/aromatic N) is 2. The lowest BCUT2D eigenvalue weighted by Crippen LogP contribution is -2.23. The molecule has 170 valence electrons. The largest absolute Gasteiger partial charge is 0.493 e. The average molecular weight is 445 g/mol. The molecule has 1 N–H and O–H groups in total. The summed E-state index contributed by atoms with van der Waals surface area (Å²) in [7, 11) is 0. The van der Waals surface area contributed by atoms with Gasteiger partial charge in [0.15, 0.2) is 0 Å². The summed E-state index contributed by atoms with van der Waals surface area (Å²) in [6, 6.07) is 20.7. The highest BCUT2D eigenvalue weighted by molar-refractivity contribution is 5.72. The summed E-state index contributed by atoms with van der Waals surface area (Å²) < 4.78 is 13.6. The van der Waals surface area contributed by atoms with Gasteiger partial charge in [0, 0.05) is 29.8 Å². The Morgan fingerprint density at radius 2 is 1.67 bits per heavy atom. The number of benzene rings is 2. The lowest BCUT2D eigenvalue weighted by molar-refractivity contribution is -0.141. The summed E-state index contributed by atoms with van der Waals surface area (Å²) in [6.07, 6.45) is 1.05. The summed E-state index contributed by atoms with van der Waals surface area (Å²) in [5, 5.41) is 9.77. The fraction of sp³-hybridized carbons (Fsp3) is 0.259. The van der Waals surface area contributed by atoms with Crippen molar-refractivity contribution in [2.75, 3.05) is 6.61 Å². The van der Waals surface area contributed by atoms with Gasteiger partial charge in [0.1, 0.15) is 17.6 Å². The van der Waals surface area contributed by atoms with Gasteiger partial charge in [-0.1, -0.05) is 30.3 Å². The molecule has 0 spiro atoms. The molecule has 6 nitrogen and oxygen atoms in total. The number of oxazole rings is 1. The van der Waals surface area contributed by atoms with Crippen LogP contribution >= 0.6 is 0 Å². The Labute approximate surface area is 193 Å². The zero-order chi connectivity index (χ0) is 23.4. The molecule has 33 heavy (non-hydrogen) atoms. The molecule has 1 unspecified atom stereocenters. The van der Waals surface area contributed by atoms with Crippen molar-refractivity contribution in [3.8, 4) is 17.2 Å². The third-order valence-electron chi connectivity index (χ3n) is 5.80. The molecule has 0 saturated heterocycles. The van der Waals surface area contributed by atoms with Crippen LogP contribution < -0.4 is 4.74 Å². The Balaban J connectivity index is 1.36. The quantitative estimate of drug-likeness (QED) is 0.366. The van der Waals surface area contributed by atoms with Gasteiger partial charge in [0.05, 0.1) is 12.3 Å². The van der Waals surface area contributed by atoms with Gasteiger partial charge in [-0.25, -0.2) is 9.78 Å². The maximum Gasteiger partial charge on any atom is 0.327 e. The monoisotopic (exact) mass is 444 g/mol. The number of hydrogen-bond acceptors (Lipinski definition) is 4. The molecule has 1 atom stereocenters. The van der Waals surface area contributed by atoms with Gasteiger partial charge >= 0.3 is 5.97 Å². The highest BCUT2D eigenvalue weighted by atomic mass is 16.5. The number of ether oxygens (including phenoxy) is 1. The Morgan fingerprint density at radius 3 is 2.30 bits per heavy atom. The van der Waals surface area contributed by atoms with Crippen molar-refractivity contribution in [2.24, 2.45) is 0 Å². The predicted molar refractivity (Wildman–Crippen MR) is 127 cm³/mol. The number of carboxylic acids is 1. The highest BCUT2D eigenvalue weighted by Crippen LogP contribution is 2.24. The van der Waals surface area contributed by atoms with E-state index in [1.165, 1.54) is 0 Å².